The number of likely N-dealkylation sites (tertiary alicyclic amines) is 1. The maximum absolute atomic E-state index is 12.8. The Morgan fingerprint density at radius 3 is 2.00 bits per heavy atom. The van der Waals surface area contributed by atoms with Crippen molar-refractivity contribution >= 4 is 23.9 Å². The number of nitrogens with zero attached hydrogens (tertiary/aromatic N) is 1. The van der Waals surface area contributed by atoms with Crippen LogP contribution in [0.5, 0.6) is 0 Å². The zero-order chi connectivity index (χ0) is 29.9. The van der Waals surface area contributed by atoms with E-state index in [-0.39, 0.29) is 44.2 Å². The highest BCUT2D eigenvalue weighted by Gasteiger charge is 2.36. The zero-order valence-electron chi connectivity index (χ0n) is 25.9. The normalized spacial score (nSPS) is 18.0. The van der Waals surface area contributed by atoms with Crippen LogP contribution < -0.4 is 0 Å². The maximum Gasteiger partial charge on any atom is 0.306 e. The van der Waals surface area contributed by atoms with Crippen LogP contribution in [0.1, 0.15) is 125 Å². The molecule has 1 unspecified atom stereocenters. The van der Waals surface area contributed by atoms with E-state index in [9.17, 15) is 19.2 Å². The molecule has 0 aromatic carbocycles. The molecule has 0 N–H and O–H groups in total. The average Bonchev–Trinajstić information content (AvgIpc) is 2.88. The minimum absolute atomic E-state index is 0.00121. The van der Waals surface area contributed by atoms with Gasteiger partial charge in [-0.1, -0.05) is 41.0 Å². The van der Waals surface area contributed by atoms with Gasteiger partial charge in [-0.3, -0.25) is 19.2 Å². The van der Waals surface area contributed by atoms with Gasteiger partial charge in [-0.2, -0.15) is 0 Å². The van der Waals surface area contributed by atoms with Gasteiger partial charge in [0, 0.05) is 38.1 Å². The van der Waals surface area contributed by atoms with Crippen molar-refractivity contribution in [2.75, 3.05) is 19.7 Å². The quantitative estimate of drug-likeness (QED) is 0.134. The first-order valence-corrected chi connectivity index (χ1v) is 15.6. The molecule has 4 atom stereocenters. The average molecular weight is 570 g/mol. The van der Waals surface area contributed by atoms with E-state index in [2.05, 4.69) is 18.7 Å². The Morgan fingerprint density at radius 1 is 0.775 bits per heavy atom. The van der Waals surface area contributed by atoms with Crippen LogP contribution in [0.15, 0.2) is 0 Å². The molecule has 9 nitrogen and oxygen atoms in total. The molecule has 0 spiro atoms. The number of hydrogen-bond acceptors (Lipinski definition) is 9. The maximum atomic E-state index is 12.8. The molecular weight excluding hydrogens is 514 g/mol. The van der Waals surface area contributed by atoms with Crippen LogP contribution in [0.3, 0.4) is 0 Å². The fraction of sp³-hybridized carbons (Fsp3) is 0.871. The number of rotatable bonds is 20. The largest absolute Gasteiger partial charge is 0.466 e. The lowest BCUT2D eigenvalue weighted by atomic mass is 9.94. The summed E-state index contributed by atoms with van der Waals surface area (Å²) in [4.78, 5) is 52.1. The summed E-state index contributed by atoms with van der Waals surface area (Å²) in [6, 6.07) is 0.566. The highest BCUT2D eigenvalue weighted by Crippen LogP contribution is 2.24. The first-order valence-electron chi connectivity index (χ1n) is 15.6. The van der Waals surface area contributed by atoms with Crippen LogP contribution in [0.2, 0.25) is 0 Å². The molecule has 1 saturated heterocycles. The third-order valence-electron chi connectivity index (χ3n) is 7.04. The smallest absolute Gasteiger partial charge is 0.306 e. The first-order chi connectivity index (χ1) is 19.1. The molecule has 1 aliphatic rings. The topological polar surface area (TPSA) is 108 Å². The highest BCUT2D eigenvalue weighted by molar-refractivity contribution is 5.71. The molecule has 0 amide bonds. The number of esters is 4. The molecule has 0 bridgehead atoms. The van der Waals surface area contributed by atoms with Gasteiger partial charge >= 0.3 is 23.9 Å². The minimum Gasteiger partial charge on any atom is -0.466 e. The van der Waals surface area contributed by atoms with Crippen molar-refractivity contribution in [3.63, 3.8) is 0 Å². The van der Waals surface area contributed by atoms with E-state index in [0.717, 1.165) is 19.5 Å². The van der Waals surface area contributed by atoms with Gasteiger partial charge in [0.05, 0.1) is 6.61 Å². The first kappa shape index (κ1) is 35.9. The predicted octanol–water partition coefficient (Wildman–Crippen LogP) is 5.76. The Balaban J connectivity index is 2.85. The number of hydrogen-bond donors (Lipinski definition) is 0. The molecule has 0 aromatic rings. The molecule has 0 radical (unpaired) electrons. The van der Waals surface area contributed by atoms with E-state index >= 15 is 0 Å². The zero-order valence-corrected chi connectivity index (χ0v) is 25.9. The molecule has 9 heteroatoms. The molecule has 1 aliphatic heterocycles. The van der Waals surface area contributed by atoms with Crippen LogP contribution in [-0.4, -0.2) is 72.8 Å². The second-order valence-electron chi connectivity index (χ2n) is 11.4. The summed E-state index contributed by atoms with van der Waals surface area (Å²) >= 11 is 0. The van der Waals surface area contributed by atoms with Crippen LogP contribution in [0.4, 0.5) is 0 Å². The number of carbonyl (C=O) groups is 4. The monoisotopic (exact) mass is 569 g/mol. The van der Waals surface area contributed by atoms with Crippen molar-refractivity contribution in [2.45, 2.75) is 149 Å². The summed E-state index contributed by atoms with van der Waals surface area (Å²) < 4.78 is 22.4. The lowest BCUT2D eigenvalue weighted by Crippen LogP contribution is -2.45. The molecule has 0 aliphatic carbocycles. The summed E-state index contributed by atoms with van der Waals surface area (Å²) in [6.45, 7) is 13.7. The molecule has 1 rings (SSSR count). The van der Waals surface area contributed by atoms with E-state index < -0.39 is 30.3 Å². The van der Waals surface area contributed by atoms with Crippen molar-refractivity contribution in [1.82, 2.24) is 4.90 Å². The Labute approximate surface area is 242 Å². The Morgan fingerprint density at radius 2 is 1.38 bits per heavy atom. The second-order valence-corrected chi connectivity index (χ2v) is 11.4. The van der Waals surface area contributed by atoms with Gasteiger partial charge in [0.2, 0.25) is 0 Å². The fourth-order valence-electron chi connectivity index (χ4n) is 5.10. The number of piperidine rings is 1. The molecule has 40 heavy (non-hydrogen) atoms. The number of ether oxygens (including phenoxy) is 4. The molecule has 1 fully saturated rings. The lowest BCUT2D eigenvalue weighted by Gasteiger charge is -2.36. The van der Waals surface area contributed by atoms with Gasteiger partial charge in [0.1, 0.15) is 12.2 Å². The summed E-state index contributed by atoms with van der Waals surface area (Å²) in [5.41, 5.74) is 0. The Bertz CT molecular complexity index is 756. The van der Waals surface area contributed by atoms with Crippen LogP contribution in [0, 0.1) is 5.92 Å². The van der Waals surface area contributed by atoms with Gasteiger partial charge in [-0.15, -0.1) is 0 Å². The molecule has 232 valence electrons. The highest BCUT2D eigenvalue weighted by atomic mass is 16.6. The molecular formula is C31H55NO8. The summed E-state index contributed by atoms with van der Waals surface area (Å²) in [7, 11) is 0. The SMILES string of the molecule is CCCC(=O)OCC[C@@H](OC(=O)CCC)[C@H](OC(=O)CCC)[C@H](C)OC(=O)CCCN1CCCCC1CC(C)C. The molecule has 1 heterocycles. The fourth-order valence-corrected chi connectivity index (χ4v) is 5.10. The second kappa shape index (κ2) is 20.7. The number of carbonyl (C=O) groups excluding carboxylic acids is 4. The van der Waals surface area contributed by atoms with Crippen molar-refractivity contribution in [3.05, 3.63) is 0 Å². The third-order valence-corrected chi connectivity index (χ3v) is 7.04. The van der Waals surface area contributed by atoms with Gasteiger partial charge in [0.25, 0.3) is 0 Å². The summed E-state index contributed by atoms with van der Waals surface area (Å²) in [5.74, 6) is -0.992. The van der Waals surface area contributed by atoms with Crippen molar-refractivity contribution < 1.29 is 38.1 Å². The van der Waals surface area contributed by atoms with Crippen molar-refractivity contribution in [2.24, 2.45) is 5.92 Å². The van der Waals surface area contributed by atoms with E-state index in [1.165, 1.54) is 19.3 Å². The van der Waals surface area contributed by atoms with Crippen molar-refractivity contribution in [1.29, 1.82) is 0 Å². The molecule has 0 aromatic heterocycles. The summed E-state index contributed by atoms with van der Waals surface area (Å²) in [6.07, 6.45) is 5.62. The van der Waals surface area contributed by atoms with E-state index in [1.807, 2.05) is 20.8 Å². The lowest BCUT2D eigenvalue weighted by molar-refractivity contribution is -0.186. The van der Waals surface area contributed by atoms with E-state index in [1.54, 1.807) is 6.92 Å². The van der Waals surface area contributed by atoms with Gasteiger partial charge < -0.3 is 23.8 Å². The Hall–Kier alpha value is -2.16. The van der Waals surface area contributed by atoms with E-state index in [0.29, 0.717) is 44.1 Å². The van der Waals surface area contributed by atoms with Crippen LogP contribution in [0.25, 0.3) is 0 Å². The van der Waals surface area contributed by atoms with Crippen LogP contribution in [-0.2, 0) is 38.1 Å². The Kier molecular flexibility index (Phi) is 18.5. The predicted molar refractivity (Wildman–Crippen MR) is 154 cm³/mol. The van der Waals surface area contributed by atoms with Crippen LogP contribution >= 0.6 is 0 Å². The minimum atomic E-state index is -1.01. The van der Waals surface area contributed by atoms with E-state index in [4.69, 9.17) is 18.9 Å². The third kappa shape index (κ3) is 15.0. The molecule has 0 saturated carbocycles. The van der Waals surface area contributed by atoms with Crippen molar-refractivity contribution in [3.8, 4) is 0 Å². The van der Waals surface area contributed by atoms with Gasteiger partial charge in [-0.05, 0) is 70.9 Å². The standard InChI is InChI=1S/C31H55NO8/c1-7-13-27(33)37-21-18-26(39-28(34)14-8-2)31(40-29(35)15-9-3)24(6)38-30(36)17-12-20-32-19-11-10-16-25(32)22-23(4)5/h23-26,31H,7-22H2,1-6H3/t24-,25?,26+,31+/m0/s1. The van der Waals surface area contributed by atoms with Gasteiger partial charge in [0.15, 0.2) is 6.10 Å². The summed E-state index contributed by atoms with van der Waals surface area (Å²) in [5, 5.41) is 0. The van der Waals surface area contributed by atoms with Gasteiger partial charge in [-0.25, -0.2) is 0 Å².